The zero-order chi connectivity index (χ0) is 28.8. The number of nitrogens with zero attached hydrogens (tertiary/aromatic N) is 1. The number of carbonyl (C=O) groups excluding carboxylic acids is 3. The minimum absolute atomic E-state index is 0.0154. The summed E-state index contributed by atoms with van der Waals surface area (Å²) in [6, 6.07) is -0.0463. The molecule has 0 unspecified atom stereocenters. The maximum absolute atomic E-state index is 13.0. The van der Waals surface area contributed by atoms with Gasteiger partial charge in [-0.05, 0) is 31.7 Å². The Morgan fingerprint density at radius 2 is 1.65 bits per heavy atom. The van der Waals surface area contributed by atoms with Gasteiger partial charge in [0.1, 0.15) is 17.8 Å². The van der Waals surface area contributed by atoms with E-state index >= 15 is 0 Å². The molecule has 6 aliphatic rings. The maximum Gasteiger partial charge on any atom is 0.303 e. The fourth-order valence-corrected chi connectivity index (χ4v) is 11.7. The van der Waals surface area contributed by atoms with Gasteiger partial charge in [0.2, 0.25) is 0 Å². The lowest BCUT2D eigenvalue weighted by atomic mass is 9.43. The van der Waals surface area contributed by atoms with Crippen molar-refractivity contribution < 1.29 is 42.8 Å². The third-order valence-electron chi connectivity index (χ3n) is 12.0. The molecule has 1 spiro atoms. The number of hydrogen-bond donors (Lipinski definition) is 0. The van der Waals surface area contributed by atoms with Crippen LogP contribution >= 0.6 is 0 Å². The smallest absolute Gasteiger partial charge is 0.303 e. The largest absolute Gasteiger partial charge is 0.462 e. The summed E-state index contributed by atoms with van der Waals surface area (Å²) >= 11 is 0. The molecule has 10 nitrogen and oxygen atoms in total. The van der Waals surface area contributed by atoms with Crippen molar-refractivity contribution >= 4 is 17.9 Å². The van der Waals surface area contributed by atoms with Gasteiger partial charge in [0.05, 0.1) is 18.8 Å². The van der Waals surface area contributed by atoms with Crippen molar-refractivity contribution in [3.63, 3.8) is 0 Å². The number of fused-ring (bicyclic) bond motifs is 2. The number of esters is 3. The lowest BCUT2D eigenvalue weighted by molar-refractivity contribution is -0.280. The number of carbonyl (C=O) groups is 3. The standard InChI is InChI=1S/C30H45NO9/c1-8-31-13-28(14-35-5)10-9-21(38-15(2)32)30-19-11-18-20(36-6)12-29(40-17(4)34,22(19)24(18)39-16(3)33)23(27(30)31)25(37-7)26(28)30/h18-27H,8-14H2,1-7H3/t18-,19+,20+,21+,22-,23+,24+,25+,26-,27-,28+,29-,30+/m1/s1. The first-order valence-corrected chi connectivity index (χ1v) is 14.9. The molecule has 0 radical (unpaired) electrons. The predicted octanol–water partition coefficient (Wildman–Crippen LogP) is 2.21. The van der Waals surface area contributed by atoms with E-state index < -0.39 is 17.1 Å². The molecule has 10 heteroatoms. The highest BCUT2D eigenvalue weighted by molar-refractivity contribution is 5.68. The highest BCUT2D eigenvalue weighted by Gasteiger charge is 2.88. The van der Waals surface area contributed by atoms with E-state index in [1.165, 1.54) is 20.8 Å². The van der Waals surface area contributed by atoms with E-state index in [1.807, 2.05) is 0 Å². The van der Waals surface area contributed by atoms with Crippen LogP contribution in [0.5, 0.6) is 0 Å². The summed E-state index contributed by atoms with van der Waals surface area (Å²) in [5.74, 6) is -1.55. The molecule has 1 heterocycles. The minimum atomic E-state index is -0.963. The maximum atomic E-state index is 13.0. The molecule has 5 saturated carbocycles. The van der Waals surface area contributed by atoms with Crippen molar-refractivity contribution in [1.82, 2.24) is 4.90 Å². The number of hydrogen-bond acceptors (Lipinski definition) is 10. The average molecular weight is 564 g/mol. The fraction of sp³-hybridized carbons (Fsp3) is 0.900. The lowest BCUT2D eigenvalue weighted by Gasteiger charge is -2.69. The minimum Gasteiger partial charge on any atom is -0.462 e. The molecule has 1 saturated heterocycles. The van der Waals surface area contributed by atoms with Crippen LogP contribution in [0.2, 0.25) is 0 Å². The van der Waals surface area contributed by atoms with E-state index in [9.17, 15) is 14.4 Å². The summed E-state index contributed by atoms with van der Waals surface area (Å²) < 4.78 is 37.6. The molecule has 0 aromatic rings. The van der Waals surface area contributed by atoms with Crippen molar-refractivity contribution in [1.29, 1.82) is 0 Å². The highest BCUT2D eigenvalue weighted by Crippen LogP contribution is 2.80. The van der Waals surface area contributed by atoms with Gasteiger partial charge in [-0.3, -0.25) is 19.3 Å². The first-order chi connectivity index (χ1) is 19.1. The Bertz CT molecular complexity index is 1070. The zero-order valence-corrected chi connectivity index (χ0v) is 24.8. The van der Waals surface area contributed by atoms with Crippen molar-refractivity contribution in [2.75, 3.05) is 41.0 Å². The van der Waals surface area contributed by atoms with Gasteiger partial charge in [-0.1, -0.05) is 6.92 Å². The van der Waals surface area contributed by atoms with Crippen molar-refractivity contribution in [2.45, 2.75) is 89.4 Å². The molecule has 40 heavy (non-hydrogen) atoms. The number of likely N-dealkylation sites (tertiary alicyclic amines) is 1. The van der Waals surface area contributed by atoms with Crippen LogP contribution < -0.4 is 0 Å². The molecule has 13 atom stereocenters. The van der Waals surface area contributed by atoms with Crippen LogP contribution in [-0.4, -0.2) is 99.9 Å². The quantitative estimate of drug-likeness (QED) is 0.322. The van der Waals surface area contributed by atoms with E-state index in [0.29, 0.717) is 13.0 Å². The van der Waals surface area contributed by atoms with E-state index in [0.717, 1.165) is 32.4 Å². The number of methoxy groups -OCH3 is 3. The Morgan fingerprint density at radius 1 is 0.925 bits per heavy atom. The molecular weight excluding hydrogens is 518 g/mol. The molecular formula is C30H45NO9. The number of ether oxygens (including phenoxy) is 6. The molecule has 224 valence electrons. The molecule has 0 aromatic heterocycles. The predicted molar refractivity (Wildman–Crippen MR) is 141 cm³/mol. The van der Waals surface area contributed by atoms with Gasteiger partial charge in [-0.25, -0.2) is 0 Å². The Balaban J connectivity index is 1.67. The second-order valence-electron chi connectivity index (χ2n) is 13.3. The van der Waals surface area contributed by atoms with Crippen LogP contribution in [0.3, 0.4) is 0 Å². The van der Waals surface area contributed by atoms with Crippen LogP contribution in [0.1, 0.15) is 53.4 Å². The van der Waals surface area contributed by atoms with Gasteiger partial charge in [0, 0.05) is 95.6 Å². The highest BCUT2D eigenvalue weighted by atomic mass is 16.6. The molecule has 6 rings (SSSR count). The van der Waals surface area contributed by atoms with Gasteiger partial charge in [-0.15, -0.1) is 0 Å². The third kappa shape index (κ3) is 3.39. The molecule has 1 aliphatic heterocycles. The van der Waals surface area contributed by atoms with Gasteiger partial charge in [-0.2, -0.15) is 0 Å². The van der Waals surface area contributed by atoms with Gasteiger partial charge >= 0.3 is 17.9 Å². The van der Waals surface area contributed by atoms with Crippen molar-refractivity contribution in [3.05, 3.63) is 0 Å². The summed E-state index contributed by atoms with van der Waals surface area (Å²) in [6.07, 6.45) is 1.50. The molecule has 0 amide bonds. The fourth-order valence-electron chi connectivity index (χ4n) is 11.7. The zero-order valence-electron chi connectivity index (χ0n) is 24.8. The lowest BCUT2D eigenvalue weighted by Crippen LogP contribution is -2.77. The SMILES string of the molecule is CCN1C[C@]2(COC)CC[C@H](OC(C)=O)[C@@]34[C@@H]2[C@@H](OC)[C@@H]([C@@H]13)[C@@]1(OC(C)=O)C[C@H](OC)[C@H]2C[C@H]4[C@@H]1[C@H]2OC(C)=O. The molecule has 0 aromatic carbocycles. The molecule has 5 aliphatic carbocycles. The summed E-state index contributed by atoms with van der Waals surface area (Å²) in [7, 11) is 5.20. The summed E-state index contributed by atoms with van der Waals surface area (Å²) in [4.78, 5) is 40.7. The van der Waals surface area contributed by atoms with E-state index in [2.05, 4.69) is 11.8 Å². The van der Waals surface area contributed by atoms with E-state index in [4.69, 9.17) is 28.4 Å². The van der Waals surface area contributed by atoms with Crippen LogP contribution in [0, 0.1) is 40.4 Å². The van der Waals surface area contributed by atoms with Crippen LogP contribution in [-0.2, 0) is 42.8 Å². The normalized spacial score (nSPS) is 49.9. The second-order valence-corrected chi connectivity index (χ2v) is 13.3. The van der Waals surface area contributed by atoms with Gasteiger partial charge in [0.25, 0.3) is 0 Å². The monoisotopic (exact) mass is 563 g/mol. The summed E-state index contributed by atoms with van der Waals surface area (Å²) in [5, 5.41) is 0. The van der Waals surface area contributed by atoms with Crippen LogP contribution in [0.4, 0.5) is 0 Å². The Hall–Kier alpha value is -1.75. The molecule has 7 bridgehead atoms. The Kier molecular flexibility index (Phi) is 6.84. The average Bonchev–Trinajstić information content (AvgIpc) is 3.30. The topological polar surface area (TPSA) is 110 Å². The number of rotatable bonds is 8. The number of piperidine rings is 1. The Morgan fingerprint density at radius 3 is 2.23 bits per heavy atom. The second kappa shape index (κ2) is 9.64. The summed E-state index contributed by atoms with van der Waals surface area (Å²) in [5.41, 5.74) is -1.67. The van der Waals surface area contributed by atoms with E-state index in [1.54, 1.807) is 21.3 Å². The van der Waals surface area contributed by atoms with Gasteiger partial charge < -0.3 is 28.4 Å². The van der Waals surface area contributed by atoms with Crippen LogP contribution in [0.15, 0.2) is 0 Å². The van der Waals surface area contributed by atoms with Gasteiger partial charge in [0.15, 0.2) is 0 Å². The van der Waals surface area contributed by atoms with Crippen LogP contribution in [0.25, 0.3) is 0 Å². The first kappa shape index (κ1) is 28.4. The third-order valence-corrected chi connectivity index (χ3v) is 12.0. The molecule has 6 fully saturated rings. The molecule has 0 N–H and O–H groups in total. The van der Waals surface area contributed by atoms with E-state index in [-0.39, 0.29) is 77.3 Å². The summed E-state index contributed by atoms with van der Waals surface area (Å²) in [6.45, 7) is 8.77. The van der Waals surface area contributed by atoms with Crippen molar-refractivity contribution in [2.24, 2.45) is 40.4 Å². The Labute approximate surface area is 236 Å². The van der Waals surface area contributed by atoms with Crippen molar-refractivity contribution in [3.8, 4) is 0 Å². The first-order valence-electron chi connectivity index (χ1n) is 14.9.